The number of benzene rings is 2. The van der Waals surface area contributed by atoms with Crippen LogP contribution in [0.2, 0.25) is 5.02 Å². The van der Waals surface area contributed by atoms with Gasteiger partial charge in [0.2, 0.25) is 0 Å². The number of fused-ring (bicyclic) bond motifs is 1. The minimum atomic E-state index is -0.217. The van der Waals surface area contributed by atoms with E-state index in [2.05, 4.69) is 41.3 Å². The maximum atomic E-state index is 14.4. The highest BCUT2D eigenvalue weighted by atomic mass is 79.9. The molecule has 0 saturated carbocycles. The highest BCUT2D eigenvalue weighted by Crippen LogP contribution is 2.29. The molecule has 0 atom stereocenters. The minimum absolute atomic E-state index is 0.126. The molecule has 0 amide bonds. The van der Waals surface area contributed by atoms with Crippen LogP contribution in [0.3, 0.4) is 0 Å². The summed E-state index contributed by atoms with van der Waals surface area (Å²) in [5.41, 5.74) is 2.61. The van der Waals surface area contributed by atoms with Gasteiger partial charge in [0.25, 0.3) is 0 Å². The molecular formula is C20H21BrClFN2. The van der Waals surface area contributed by atoms with Crippen molar-refractivity contribution in [3.8, 4) is 0 Å². The molecule has 132 valence electrons. The van der Waals surface area contributed by atoms with Gasteiger partial charge in [-0.3, -0.25) is 0 Å². The summed E-state index contributed by atoms with van der Waals surface area (Å²) in [7, 11) is 0. The van der Waals surface area contributed by atoms with Gasteiger partial charge in [0.1, 0.15) is 11.6 Å². The maximum absolute atomic E-state index is 14.4. The van der Waals surface area contributed by atoms with Crippen LogP contribution in [0, 0.1) is 11.2 Å². The average molecular weight is 424 g/mol. The molecule has 3 aromatic rings. The second kappa shape index (κ2) is 7.08. The fraction of sp³-hybridized carbons (Fsp3) is 0.350. The Hall–Kier alpha value is -1.39. The third kappa shape index (κ3) is 4.06. The number of nitrogens with zero attached hydrogens (tertiary/aromatic N) is 2. The second-order valence-electron chi connectivity index (χ2n) is 7.18. The van der Waals surface area contributed by atoms with E-state index in [9.17, 15) is 4.39 Å². The van der Waals surface area contributed by atoms with Crippen LogP contribution in [0.5, 0.6) is 0 Å². The van der Waals surface area contributed by atoms with Gasteiger partial charge < -0.3 is 4.57 Å². The summed E-state index contributed by atoms with van der Waals surface area (Å²) in [5.74, 6) is 0.748. The average Bonchev–Trinajstić information content (AvgIpc) is 2.85. The van der Waals surface area contributed by atoms with Crippen LogP contribution in [-0.4, -0.2) is 9.55 Å². The largest absolute Gasteiger partial charge is 0.323 e. The molecule has 1 heterocycles. The fourth-order valence-corrected chi connectivity index (χ4v) is 3.34. The lowest BCUT2D eigenvalue weighted by molar-refractivity contribution is 0.337. The Kier molecular flexibility index (Phi) is 5.21. The summed E-state index contributed by atoms with van der Waals surface area (Å²) in [5, 5.41) is 0.660. The van der Waals surface area contributed by atoms with Crippen LogP contribution >= 0.6 is 27.5 Å². The van der Waals surface area contributed by atoms with Gasteiger partial charge in [0.15, 0.2) is 0 Å². The molecule has 0 unspecified atom stereocenters. The third-order valence-corrected chi connectivity index (χ3v) is 5.46. The highest BCUT2D eigenvalue weighted by Gasteiger charge is 2.21. The van der Waals surface area contributed by atoms with Gasteiger partial charge in [-0.2, -0.15) is 0 Å². The van der Waals surface area contributed by atoms with Crippen LogP contribution in [0.1, 0.15) is 38.6 Å². The van der Waals surface area contributed by atoms with Crippen LogP contribution < -0.4 is 0 Å². The Bertz CT molecular complexity index is 917. The number of halogens is 3. The zero-order valence-corrected chi connectivity index (χ0v) is 17.0. The molecule has 25 heavy (non-hydrogen) atoms. The van der Waals surface area contributed by atoms with E-state index >= 15 is 0 Å². The SMILES string of the molecule is CCC(C)(C)Cc1nc2cc(Cl)ccc2n1Cc1ccc(Br)cc1F. The Morgan fingerprint density at radius 1 is 1.20 bits per heavy atom. The predicted molar refractivity (Wildman–Crippen MR) is 106 cm³/mol. The van der Waals surface area contributed by atoms with Crippen LogP contribution in [-0.2, 0) is 13.0 Å². The van der Waals surface area contributed by atoms with Gasteiger partial charge in [0.05, 0.1) is 17.6 Å². The Balaban J connectivity index is 2.10. The maximum Gasteiger partial charge on any atom is 0.129 e. The van der Waals surface area contributed by atoms with Crippen molar-refractivity contribution in [2.45, 2.75) is 40.2 Å². The molecule has 0 aliphatic carbocycles. The van der Waals surface area contributed by atoms with Crippen LogP contribution in [0.15, 0.2) is 40.9 Å². The normalized spacial score (nSPS) is 12.1. The van der Waals surface area contributed by atoms with Crippen molar-refractivity contribution in [2.24, 2.45) is 5.41 Å². The van der Waals surface area contributed by atoms with Gasteiger partial charge in [0, 0.05) is 21.5 Å². The first kappa shape index (κ1) is 18.4. The molecule has 0 radical (unpaired) electrons. The van der Waals surface area contributed by atoms with Crippen molar-refractivity contribution in [3.05, 3.63) is 63.1 Å². The molecule has 0 N–H and O–H groups in total. The summed E-state index contributed by atoms with van der Waals surface area (Å²) in [4.78, 5) is 4.80. The van der Waals surface area contributed by atoms with Crippen molar-refractivity contribution < 1.29 is 4.39 Å². The summed E-state index contributed by atoms with van der Waals surface area (Å²) in [6, 6.07) is 10.9. The molecule has 2 aromatic carbocycles. The van der Waals surface area contributed by atoms with E-state index in [-0.39, 0.29) is 11.2 Å². The smallest absolute Gasteiger partial charge is 0.129 e. The zero-order chi connectivity index (χ0) is 18.2. The van der Waals surface area contributed by atoms with Gasteiger partial charge in [-0.15, -0.1) is 0 Å². The lowest BCUT2D eigenvalue weighted by Crippen LogP contribution is -2.18. The third-order valence-electron chi connectivity index (χ3n) is 4.73. The van der Waals surface area contributed by atoms with E-state index < -0.39 is 0 Å². The molecule has 2 nitrogen and oxygen atoms in total. The Morgan fingerprint density at radius 3 is 2.64 bits per heavy atom. The fourth-order valence-electron chi connectivity index (χ4n) is 2.84. The first-order valence-corrected chi connectivity index (χ1v) is 9.55. The quantitative estimate of drug-likeness (QED) is 0.451. The van der Waals surface area contributed by atoms with E-state index in [1.807, 2.05) is 30.3 Å². The molecular weight excluding hydrogens is 403 g/mol. The molecule has 1 aromatic heterocycles. The topological polar surface area (TPSA) is 17.8 Å². The monoisotopic (exact) mass is 422 g/mol. The van der Waals surface area contributed by atoms with Crippen LogP contribution in [0.4, 0.5) is 4.39 Å². The number of hydrogen-bond acceptors (Lipinski definition) is 1. The van der Waals surface area contributed by atoms with Crippen molar-refractivity contribution in [2.75, 3.05) is 0 Å². The predicted octanol–water partition coefficient (Wildman–Crippen LogP) is 6.62. The van der Waals surface area contributed by atoms with E-state index in [1.165, 1.54) is 6.07 Å². The van der Waals surface area contributed by atoms with Crippen molar-refractivity contribution in [1.82, 2.24) is 9.55 Å². The standard InChI is InChI=1S/C20H21BrClFN2/c1-4-20(2,3)11-19-24-17-10-15(22)7-8-18(17)25(19)12-13-5-6-14(21)9-16(13)23/h5-10H,4,11-12H2,1-3H3. The first-order chi connectivity index (χ1) is 11.8. The van der Waals surface area contributed by atoms with Gasteiger partial charge in [-0.05, 0) is 35.7 Å². The molecule has 3 rings (SSSR count). The van der Waals surface area contributed by atoms with Crippen molar-refractivity contribution >= 4 is 38.6 Å². The zero-order valence-electron chi connectivity index (χ0n) is 14.6. The van der Waals surface area contributed by atoms with Crippen molar-refractivity contribution in [1.29, 1.82) is 0 Å². The van der Waals surface area contributed by atoms with Crippen molar-refractivity contribution in [3.63, 3.8) is 0 Å². The van der Waals surface area contributed by atoms with Crippen LogP contribution in [0.25, 0.3) is 11.0 Å². The van der Waals surface area contributed by atoms with Gasteiger partial charge in [-0.25, -0.2) is 9.37 Å². The van der Waals surface area contributed by atoms with E-state index in [0.29, 0.717) is 17.1 Å². The molecule has 0 spiro atoms. The lowest BCUT2D eigenvalue weighted by atomic mass is 9.86. The molecule has 0 fully saturated rings. The number of rotatable bonds is 5. The van der Waals surface area contributed by atoms with Gasteiger partial charge >= 0.3 is 0 Å². The molecule has 0 bridgehead atoms. The molecule has 0 aliphatic heterocycles. The number of hydrogen-bond donors (Lipinski definition) is 0. The highest BCUT2D eigenvalue weighted by molar-refractivity contribution is 9.10. The molecule has 0 saturated heterocycles. The Morgan fingerprint density at radius 2 is 1.96 bits per heavy atom. The number of aromatic nitrogens is 2. The molecule has 0 aliphatic rings. The first-order valence-electron chi connectivity index (χ1n) is 8.37. The minimum Gasteiger partial charge on any atom is -0.323 e. The molecule has 5 heteroatoms. The summed E-state index contributed by atoms with van der Waals surface area (Å²) < 4.78 is 17.2. The summed E-state index contributed by atoms with van der Waals surface area (Å²) >= 11 is 9.44. The van der Waals surface area contributed by atoms with E-state index in [4.69, 9.17) is 16.6 Å². The number of imidazole rings is 1. The van der Waals surface area contributed by atoms with Gasteiger partial charge in [-0.1, -0.05) is 60.8 Å². The second-order valence-corrected chi connectivity index (χ2v) is 8.53. The lowest BCUT2D eigenvalue weighted by Gasteiger charge is -2.22. The summed E-state index contributed by atoms with van der Waals surface area (Å²) in [6.07, 6.45) is 1.87. The van der Waals surface area contributed by atoms with E-state index in [0.717, 1.165) is 34.2 Å². The van der Waals surface area contributed by atoms with E-state index in [1.54, 1.807) is 0 Å². The Labute approximate surface area is 161 Å². The summed E-state index contributed by atoms with van der Waals surface area (Å²) in [6.45, 7) is 7.08.